The van der Waals surface area contributed by atoms with Gasteiger partial charge >= 0.3 is 29.6 Å². The summed E-state index contributed by atoms with van der Waals surface area (Å²) in [6.45, 7) is 0. The van der Waals surface area contributed by atoms with Crippen LogP contribution in [0.5, 0.6) is 0 Å². The van der Waals surface area contributed by atoms with Crippen LogP contribution in [-0.4, -0.2) is 13.4 Å². The van der Waals surface area contributed by atoms with Crippen LogP contribution in [0, 0.1) is 0 Å². The summed E-state index contributed by atoms with van der Waals surface area (Å²) in [5.41, 5.74) is 0. The Balaban J connectivity index is 0.000001000. The molecule has 11 heavy (non-hydrogen) atoms. The number of nitrogens with zero attached hydrogens (tertiary/aromatic N) is 1. The summed E-state index contributed by atoms with van der Waals surface area (Å²) < 4.78 is 21.2. The molecule has 1 heterocycles. The maximum absolute atomic E-state index is 10.6. The fraction of sp³-hybridized carbons (Fsp3) is 0. The molecule has 0 saturated carbocycles. The average Bonchev–Trinajstić information content (AvgIpc) is 1.88. The van der Waals surface area contributed by atoms with Crippen molar-refractivity contribution in [1.82, 2.24) is 4.98 Å². The van der Waals surface area contributed by atoms with Gasteiger partial charge < -0.3 is 11.7 Å². The Morgan fingerprint density at radius 3 is 2.27 bits per heavy atom. The third-order valence-corrected chi connectivity index (χ3v) is 2.16. The van der Waals surface area contributed by atoms with Gasteiger partial charge in [0.2, 0.25) is 0 Å². The molecule has 0 saturated heterocycles. The molecular formula is C5H4NNaO2S2. The van der Waals surface area contributed by atoms with E-state index in [4.69, 9.17) is 0 Å². The minimum Gasteiger partial charge on any atom is -0.642 e. The van der Waals surface area contributed by atoms with Crippen molar-refractivity contribution in [3.63, 3.8) is 0 Å². The smallest absolute Gasteiger partial charge is 0.642 e. The molecule has 0 atom stereocenters. The fourth-order valence-corrected chi connectivity index (χ4v) is 1.23. The van der Waals surface area contributed by atoms with Crippen molar-refractivity contribution in [3.8, 4) is 0 Å². The number of pyridine rings is 1. The van der Waals surface area contributed by atoms with Gasteiger partial charge in [0.15, 0.2) is 0 Å². The van der Waals surface area contributed by atoms with Crippen LogP contribution in [0.25, 0.3) is 0 Å². The van der Waals surface area contributed by atoms with E-state index in [0.717, 1.165) is 0 Å². The standard InChI is InChI=1S/C5H5NO2S2.Na/c7-10(8,9)5-3-1-2-4-6-5;/h1-4H,(H,7,8,9);/q;+1/p-1. The molecule has 0 radical (unpaired) electrons. The Morgan fingerprint density at radius 2 is 2.00 bits per heavy atom. The van der Waals surface area contributed by atoms with Crippen molar-refractivity contribution in [3.05, 3.63) is 24.4 Å². The second kappa shape index (κ2) is 4.47. The summed E-state index contributed by atoms with van der Waals surface area (Å²) >= 11 is 4.16. The Bertz CT molecular complexity index is 311. The molecule has 0 spiro atoms. The first-order chi connectivity index (χ1) is 4.61. The van der Waals surface area contributed by atoms with Crippen molar-refractivity contribution in [2.24, 2.45) is 0 Å². The van der Waals surface area contributed by atoms with Crippen LogP contribution in [0.15, 0.2) is 29.4 Å². The van der Waals surface area contributed by atoms with Gasteiger partial charge in [0.25, 0.3) is 0 Å². The molecule has 0 N–H and O–H groups in total. The van der Waals surface area contributed by atoms with Gasteiger partial charge in [0.1, 0.15) is 5.03 Å². The van der Waals surface area contributed by atoms with Gasteiger partial charge in [-0.05, 0) is 12.1 Å². The predicted molar refractivity (Wildman–Crippen MR) is 38.8 cm³/mol. The predicted octanol–water partition coefficient (Wildman–Crippen LogP) is -2.68. The minimum absolute atomic E-state index is 0. The molecule has 1 aromatic heterocycles. The summed E-state index contributed by atoms with van der Waals surface area (Å²) in [6, 6.07) is 4.57. The first-order valence-corrected chi connectivity index (χ1v) is 4.88. The van der Waals surface area contributed by atoms with Gasteiger partial charge in [-0.25, -0.2) is 13.4 Å². The van der Waals surface area contributed by atoms with Gasteiger partial charge in [-0.1, -0.05) is 6.07 Å². The van der Waals surface area contributed by atoms with Crippen LogP contribution in [0.2, 0.25) is 0 Å². The molecule has 0 fully saturated rings. The monoisotopic (exact) mass is 197 g/mol. The fourth-order valence-electron chi connectivity index (χ4n) is 0.495. The van der Waals surface area contributed by atoms with Crippen molar-refractivity contribution < 1.29 is 38.0 Å². The summed E-state index contributed by atoms with van der Waals surface area (Å²) in [5.74, 6) is 0. The minimum atomic E-state index is -3.53. The largest absolute Gasteiger partial charge is 1.00 e. The molecule has 0 aliphatic heterocycles. The molecule has 0 aliphatic rings. The van der Waals surface area contributed by atoms with Crippen LogP contribution in [0.1, 0.15) is 0 Å². The van der Waals surface area contributed by atoms with Crippen LogP contribution >= 0.6 is 0 Å². The first kappa shape index (κ1) is 11.4. The van der Waals surface area contributed by atoms with Crippen LogP contribution < -0.4 is 29.6 Å². The molecule has 3 nitrogen and oxygen atoms in total. The normalized spacial score (nSPS) is 10.3. The molecule has 0 aliphatic carbocycles. The van der Waals surface area contributed by atoms with E-state index < -0.39 is 8.87 Å². The van der Waals surface area contributed by atoms with Gasteiger partial charge in [0.05, 0.1) is 8.87 Å². The number of rotatable bonds is 1. The van der Waals surface area contributed by atoms with E-state index in [1.54, 1.807) is 12.1 Å². The van der Waals surface area contributed by atoms with E-state index in [2.05, 4.69) is 16.6 Å². The quantitative estimate of drug-likeness (QED) is 0.280. The van der Waals surface area contributed by atoms with Crippen molar-refractivity contribution in [2.45, 2.75) is 5.03 Å². The Morgan fingerprint density at radius 1 is 1.36 bits per heavy atom. The van der Waals surface area contributed by atoms with E-state index in [-0.39, 0.29) is 34.6 Å². The van der Waals surface area contributed by atoms with E-state index in [9.17, 15) is 8.42 Å². The van der Waals surface area contributed by atoms with Crippen molar-refractivity contribution in [1.29, 1.82) is 0 Å². The topological polar surface area (TPSA) is 47.0 Å². The second-order valence-corrected chi connectivity index (χ2v) is 4.27. The van der Waals surface area contributed by atoms with Crippen LogP contribution in [0.3, 0.4) is 0 Å². The summed E-state index contributed by atoms with van der Waals surface area (Å²) in [6.07, 6.45) is 1.39. The number of aromatic nitrogens is 1. The molecule has 0 unspecified atom stereocenters. The van der Waals surface area contributed by atoms with E-state index >= 15 is 0 Å². The first-order valence-electron chi connectivity index (χ1n) is 2.47. The average molecular weight is 197 g/mol. The Labute approximate surface area is 92.2 Å². The zero-order chi connectivity index (χ0) is 7.61. The molecule has 0 amide bonds. The number of hydrogen-bond acceptors (Lipinski definition) is 4. The maximum atomic E-state index is 10.6. The van der Waals surface area contributed by atoms with E-state index in [0.29, 0.717) is 0 Å². The molecule has 1 aromatic rings. The Hall–Kier alpha value is 0.450. The van der Waals surface area contributed by atoms with Gasteiger partial charge in [0, 0.05) is 6.20 Å². The SMILES string of the molecule is O=S(=O)([S-])c1ccccn1.[Na+]. The third kappa shape index (κ3) is 3.57. The molecule has 0 aromatic carbocycles. The van der Waals surface area contributed by atoms with Gasteiger partial charge in [-0.3, -0.25) is 0 Å². The number of hydrogen-bond donors (Lipinski definition) is 0. The summed E-state index contributed by atoms with van der Waals surface area (Å²) in [7, 11) is -3.53. The van der Waals surface area contributed by atoms with Crippen molar-refractivity contribution in [2.75, 3.05) is 0 Å². The molecule has 54 valence electrons. The van der Waals surface area contributed by atoms with Gasteiger partial charge in [-0.15, -0.1) is 0 Å². The van der Waals surface area contributed by atoms with Gasteiger partial charge in [-0.2, -0.15) is 0 Å². The summed E-state index contributed by atoms with van der Waals surface area (Å²) in [4.78, 5) is 3.56. The summed E-state index contributed by atoms with van der Waals surface area (Å²) in [5, 5.41) is -0.0648. The molecule has 0 bridgehead atoms. The van der Waals surface area contributed by atoms with Crippen LogP contribution in [0.4, 0.5) is 0 Å². The zero-order valence-electron chi connectivity index (χ0n) is 5.89. The second-order valence-electron chi connectivity index (χ2n) is 1.62. The molecular weight excluding hydrogens is 193 g/mol. The Kier molecular flexibility index (Phi) is 4.65. The third-order valence-electron chi connectivity index (χ3n) is 0.894. The van der Waals surface area contributed by atoms with E-state index in [1.165, 1.54) is 12.3 Å². The zero-order valence-corrected chi connectivity index (χ0v) is 9.52. The maximum Gasteiger partial charge on any atom is 1.00 e. The molecule has 1 rings (SSSR count). The van der Waals surface area contributed by atoms with Crippen LogP contribution in [-0.2, 0) is 20.5 Å². The molecule has 6 heteroatoms. The van der Waals surface area contributed by atoms with E-state index in [1.807, 2.05) is 0 Å². The van der Waals surface area contributed by atoms with Crippen molar-refractivity contribution >= 4 is 20.5 Å².